The third-order valence-corrected chi connectivity index (χ3v) is 5.07. The van der Waals surface area contributed by atoms with Crippen LogP contribution in [0.3, 0.4) is 0 Å². The molecule has 0 aliphatic rings. The van der Waals surface area contributed by atoms with Crippen LogP contribution in [0.2, 0.25) is 0 Å². The van der Waals surface area contributed by atoms with Crippen LogP contribution in [0.4, 0.5) is 0 Å². The Labute approximate surface area is 170 Å². The maximum absolute atomic E-state index is 12.8. The average Bonchev–Trinajstić information content (AvgIpc) is 2.99. The number of esters is 1. The molecule has 0 amide bonds. The molecule has 1 aromatic heterocycles. The van der Waals surface area contributed by atoms with Gasteiger partial charge in [-0.25, -0.2) is 4.98 Å². The van der Waals surface area contributed by atoms with Gasteiger partial charge in [0.15, 0.2) is 0 Å². The van der Waals surface area contributed by atoms with E-state index in [4.69, 9.17) is 9.88 Å². The van der Waals surface area contributed by atoms with E-state index in [0.29, 0.717) is 11.4 Å². The Hall–Kier alpha value is -1.97. The summed E-state index contributed by atoms with van der Waals surface area (Å²) in [7, 11) is -4.08. The molecule has 28 heavy (non-hydrogen) atoms. The van der Waals surface area contributed by atoms with Crippen molar-refractivity contribution in [3.8, 4) is 5.75 Å². The summed E-state index contributed by atoms with van der Waals surface area (Å²) < 4.78 is 32.3. The molecule has 2 rings (SSSR count). The largest absolute Gasteiger partial charge is 0.459 e. The lowest BCUT2D eigenvalue weighted by Crippen LogP contribution is -2.28. The van der Waals surface area contributed by atoms with Crippen LogP contribution >= 0.6 is 11.3 Å². The molecule has 0 fully saturated rings. The molecule has 154 valence electrons. The molecule has 2 aromatic rings. The fraction of sp³-hybridized carbons (Fsp3) is 0.474. The van der Waals surface area contributed by atoms with Gasteiger partial charge in [-0.1, -0.05) is 25.5 Å². The van der Waals surface area contributed by atoms with Gasteiger partial charge >= 0.3 is 16.3 Å². The van der Waals surface area contributed by atoms with Gasteiger partial charge in [-0.2, -0.15) is 13.6 Å². The Kier molecular flexibility index (Phi) is 7.19. The Morgan fingerprint density at radius 2 is 1.89 bits per heavy atom. The van der Waals surface area contributed by atoms with Gasteiger partial charge in [0.2, 0.25) is 0 Å². The highest BCUT2D eigenvalue weighted by Gasteiger charge is 2.29. The molecular weight excluding hydrogens is 400 g/mol. The number of benzene rings is 1. The van der Waals surface area contributed by atoms with Crippen LogP contribution in [-0.4, -0.2) is 25.0 Å². The first-order valence-electron chi connectivity index (χ1n) is 8.95. The Morgan fingerprint density at radius 3 is 2.43 bits per heavy atom. The molecule has 0 aliphatic carbocycles. The van der Waals surface area contributed by atoms with Crippen LogP contribution in [0.1, 0.15) is 56.3 Å². The minimum absolute atomic E-state index is 0.111. The van der Waals surface area contributed by atoms with Crippen molar-refractivity contribution in [1.29, 1.82) is 0 Å². The number of nitrogens with two attached hydrogens (primary N) is 1. The van der Waals surface area contributed by atoms with Crippen LogP contribution in [0.15, 0.2) is 29.6 Å². The van der Waals surface area contributed by atoms with Crippen molar-refractivity contribution in [3.63, 3.8) is 0 Å². The van der Waals surface area contributed by atoms with Crippen molar-refractivity contribution in [1.82, 2.24) is 4.98 Å². The van der Waals surface area contributed by atoms with Crippen LogP contribution in [0, 0.1) is 0 Å². The third kappa shape index (κ3) is 7.21. The lowest BCUT2D eigenvalue weighted by atomic mass is 9.99. The maximum Gasteiger partial charge on any atom is 0.380 e. The molecule has 0 radical (unpaired) electrons. The van der Waals surface area contributed by atoms with Crippen molar-refractivity contribution >= 4 is 27.6 Å². The SMILES string of the molecule is CCCc1csc(C(Cc2ccc(OS(N)(=O)=O)cc2)C(=O)OC(C)(C)C)n1. The highest BCUT2D eigenvalue weighted by atomic mass is 32.2. The van der Waals surface area contributed by atoms with Gasteiger partial charge in [0.1, 0.15) is 22.3 Å². The third-order valence-electron chi connectivity index (χ3n) is 3.64. The smallest absolute Gasteiger partial charge is 0.380 e. The second-order valence-corrected chi connectivity index (χ2v) is 9.48. The van der Waals surface area contributed by atoms with E-state index in [1.165, 1.54) is 23.5 Å². The Balaban J connectivity index is 2.24. The molecule has 2 N–H and O–H groups in total. The Morgan fingerprint density at radius 1 is 1.25 bits per heavy atom. The van der Waals surface area contributed by atoms with E-state index in [-0.39, 0.29) is 11.7 Å². The highest BCUT2D eigenvalue weighted by molar-refractivity contribution is 7.84. The van der Waals surface area contributed by atoms with Crippen LogP contribution in [0.25, 0.3) is 0 Å². The van der Waals surface area contributed by atoms with Gasteiger partial charge in [0, 0.05) is 5.38 Å². The van der Waals surface area contributed by atoms with Gasteiger partial charge in [-0.15, -0.1) is 11.3 Å². The van der Waals surface area contributed by atoms with Gasteiger partial charge in [0.25, 0.3) is 0 Å². The lowest BCUT2D eigenvalue weighted by molar-refractivity contribution is -0.156. The number of thiazole rings is 1. The summed E-state index contributed by atoms with van der Waals surface area (Å²) in [6.45, 7) is 7.55. The van der Waals surface area contributed by atoms with Gasteiger partial charge in [-0.3, -0.25) is 4.79 Å². The quantitative estimate of drug-likeness (QED) is 0.649. The zero-order valence-corrected chi connectivity index (χ0v) is 18.1. The van der Waals surface area contributed by atoms with Crippen LogP contribution in [-0.2, 0) is 32.7 Å². The van der Waals surface area contributed by atoms with Crippen LogP contribution in [0.5, 0.6) is 5.75 Å². The summed E-state index contributed by atoms with van der Waals surface area (Å²) in [5.41, 5.74) is 1.18. The second kappa shape index (κ2) is 9.02. The number of rotatable bonds is 8. The normalized spacial score (nSPS) is 13.2. The number of carbonyl (C=O) groups is 1. The molecule has 0 saturated carbocycles. The van der Waals surface area contributed by atoms with E-state index in [1.807, 2.05) is 26.2 Å². The first kappa shape index (κ1) is 22.3. The molecule has 7 nitrogen and oxygen atoms in total. The summed E-state index contributed by atoms with van der Waals surface area (Å²) in [5, 5.41) is 7.55. The van der Waals surface area contributed by atoms with E-state index in [2.05, 4.69) is 16.1 Å². The summed E-state index contributed by atoms with van der Waals surface area (Å²) in [6, 6.07) is 6.38. The van der Waals surface area contributed by atoms with Gasteiger partial charge < -0.3 is 8.92 Å². The fourth-order valence-electron chi connectivity index (χ4n) is 2.55. The highest BCUT2D eigenvalue weighted by Crippen LogP contribution is 2.28. The summed E-state index contributed by atoms with van der Waals surface area (Å²) in [6.07, 6.45) is 2.21. The number of nitrogens with zero attached hydrogens (tertiary/aromatic N) is 1. The van der Waals surface area contributed by atoms with Gasteiger partial charge in [-0.05, 0) is 51.3 Å². The van der Waals surface area contributed by atoms with Gasteiger partial charge in [0.05, 0.1) is 5.69 Å². The zero-order chi connectivity index (χ0) is 20.9. The average molecular weight is 427 g/mol. The fourth-order valence-corrected chi connectivity index (χ4v) is 3.87. The lowest BCUT2D eigenvalue weighted by Gasteiger charge is -2.23. The number of aromatic nitrogens is 1. The molecule has 1 unspecified atom stereocenters. The number of aryl methyl sites for hydroxylation is 1. The summed E-state index contributed by atoms with van der Waals surface area (Å²) in [4.78, 5) is 17.4. The molecule has 0 spiro atoms. The molecule has 1 aromatic carbocycles. The number of ether oxygens (including phenoxy) is 1. The van der Waals surface area contributed by atoms with E-state index in [9.17, 15) is 13.2 Å². The molecular formula is C19H26N2O5S2. The molecule has 0 saturated heterocycles. The molecule has 0 aliphatic heterocycles. The summed E-state index contributed by atoms with van der Waals surface area (Å²) in [5.74, 6) is -0.769. The van der Waals surface area contributed by atoms with Crippen molar-refractivity contribution < 1.29 is 22.1 Å². The molecule has 1 heterocycles. The number of hydrogen-bond donors (Lipinski definition) is 1. The minimum Gasteiger partial charge on any atom is -0.459 e. The second-order valence-electron chi connectivity index (χ2n) is 7.44. The predicted octanol–water partition coefficient (Wildman–Crippen LogP) is 3.35. The van der Waals surface area contributed by atoms with Crippen molar-refractivity contribution in [2.24, 2.45) is 5.14 Å². The molecule has 9 heteroatoms. The van der Waals surface area contributed by atoms with E-state index in [0.717, 1.165) is 24.1 Å². The van der Waals surface area contributed by atoms with E-state index >= 15 is 0 Å². The monoisotopic (exact) mass is 426 g/mol. The maximum atomic E-state index is 12.8. The Bertz CT molecular complexity index is 899. The van der Waals surface area contributed by atoms with Crippen molar-refractivity contribution in [2.75, 3.05) is 0 Å². The standard InChI is InChI=1S/C19H26N2O5S2/c1-5-6-14-12-27-17(21-14)16(18(22)25-19(2,3)4)11-13-7-9-15(10-8-13)26-28(20,23)24/h7-10,12,16H,5-6,11H2,1-4H3,(H2,20,23,24). The number of carbonyl (C=O) groups excluding carboxylic acids is 1. The predicted molar refractivity (Wildman–Crippen MR) is 109 cm³/mol. The first-order valence-corrected chi connectivity index (χ1v) is 11.3. The molecule has 0 bridgehead atoms. The van der Waals surface area contributed by atoms with Crippen molar-refractivity contribution in [2.45, 2.75) is 58.5 Å². The van der Waals surface area contributed by atoms with Crippen LogP contribution < -0.4 is 9.32 Å². The number of hydrogen-bond acceptors (Lipinski definition) is 7. The minimum atomic E-state index is -4.08. The van der Waals surface area contributed by atoms with Crippen molar-refractivity contribution in [3.05, 3.63) is 45.9 Å². The zero-order valence-electron chi connectivity index (χ0n) is 16.5. The molecule has 1 atom stereocenters. The first-order chi connectivity index (χ1) is 13.0. The topological polar surface area (TPSA) is 109 Å². The van der Waals surface area contributed by atoms with E-state index < -0.39 is 21.8 Å². The summed E-state index contributed by atoms with van der Waals surface area (Å²) >= 11 is 1.45. The van der Waals surface area contributed by atoms with E-state index in [1.54, 1.807) is 12.1 Å².